The molecule has 0 aliphatic heterocycles. The number of sulfonamides is 1. The molecule has 0 spiro atoms. The van der Waals surface area contributed by atoms with Crippen LogP contribution in [0, 0.1) is 11.3 Å². The van der Waals surface area contributed by atoms with Crippen LogP contribution in [0.15, 0.2) is 23.1 Å². The molecule has 0 unspecified atom stereocenters. The van der Waals surface area contributed by atoms with Gasteiger partial charge in [0.2, 0.25) is 10.0 Å². The summed E-state index contributed by atoms with van der Waals surface area (Å²) in [5.41, 5.74) is -0.225. The first-order valence-corrected chi connectivity index (χ1v) is 7.67. The average molecular weight is 301 g/mol. The molecular weight excluding hydrogens is 284 g/mol. The van der Waals surface area contributed by atoms with E-state index in [1.807, 2.05) is 26.8 Å². The number of rotatable bonds is 4. The molecule has 19 heavy (non-hydrogen) atoms. The molecule has 0 saturated heterocycles. The second kappa shape index (κ2) is 5.49. The Hall–Kier alpha value is -1.09. The summed E-state index contributed by atoms with van der Waals surface area (Å²) in [5.74, 6) is 0. The topological polar surface area (TPSA) is 61.2 Å². The number of halogens is 1. The molecule has 0 aliphatic rings. The number of hydrogen-bond donors (Lipinski definition) is 0. The van der Waals surface area contributed by atoms with Crippen molar-refractivity contribution in [2.24, 2.45) is 0 Å². The molecule has 0 fully saturated rings. The van der Waals surface area contributed by atoms with Crippen LogP contribution in [0.3, 0.4) is 0 Å². The molecule has 1 aromatic rings. The van der Waals surface area contributed by atoms with E-state index in [-0.39, 0.29) is 15.5 Å². The van der Waals surface area contributed by atoms with Crippen molar-refractivity contribution in [1.29, 1.82) is 5.26 Å². The molecule has 0 radical (unpaired) electrons. The fourth-order valence-corrected chi connectivity index (χ4v) is 3.34. The lowest BCUT2D eigenvalue weighted by Gasteiger charge is -2.33. The predicted molar refractivity (Wildman–Crippen MR) is 75.5 cm³/mol. The van der Waals surface area contributed by atoms with Crippen molar-refractivity contribution in [3.05, 3.63) is 28.8 Å². The van der Waals surface area contributed by atoms with Crippen molar-refractivity contribution in [3.63, 3.8) is 0 Å². The number of nitrogens with zero attached hydrogens (tertiary/aromatic N) is 2. The van der Waals surface area contributed by atoms with E-state index in [2.05, 4.69) is 0 Å². The van der Waals surface area contributed by atoms with Crippen LogP contribution < -0.4 is 0 Å². The molecule has 0 atom stereocenters. The molecule has 0 N–H and O–H groups in total. The highest BCUT2D eigenvalue weighted by molar-refractivity contribution is 7.89. The van der Waals surface area contributed by atoms with Gasteiger partial charge < -0.3 is 0 Å². The van der Waals surface area contributed by atoms with Gasteiger partial charge in [0.1, 0.15) is 6.07 Å². The Bertz CT molecular complexity index is 618. The van der Waals surface area contributed by atoms with Gasteiger partial charge in [-0.2, -0.15) is 9.57 Å². The van der Waals surface area contributed by atoms with Crippen molar-refractivity contribution < 1.29 is 8.42 Å². The summed E-state index contributed by atoms with van der Waals surface area (Å²) in [4.78, 5) is 0.0977. The summed E-state index contributed by atoms with van der Waals surface area (Å²) in [6.07, 6.45) is 0.687. The number of hydrogen-bond acceptors (Lipinski definition) is 3. The molecule has 104 valence electrons. The Kier molecular flexibility index (Phi) is 4.62. The number of benzene rings is 1. The largest absolute Gasteiger partial charge is 0.243 e. The molecule has 0 aliphatic carbocycles. The molecule has 0 bridgehead atoms. The lowest BCUT2D eigenvalue weighted by molar-refractivity contribution is 0.257. The monoisotopic (exact) mass is 300 g/mol. The van der Waals surface area contributed by atoms with Crippen LogP contribution >= 0.6 is 11.6 Å². The molecular formula is C13H17ClN2O2S. The summed E-state index contributed by atoms with van der Waals surface area (Å²) >= 11 is 5.88. The molecule has 0 heterocycles. The third-order valence-corrected chi connectivity index (χ3v) is 5.81. The van der Waals surface area contributed by atoms with Gasteiger partial charge in [0.25, 0.3) is 0 Å². The average Bonchev–Trinajstić information content (AvgIpc) is 2.37. The van der Waals surface area contributed by atoms with E-state index in [0.29, 0.717) is 6.42 Å². The van der Waals surface area contributed by atoms with Crippen LogP contribution in [0.2, 0.25) is 5.02 Å². The van der Waals surface area contributed by atoms with E-state index in [0.717, 1.165) is 0 Å². The first-order valence-electron chi connectivity index (χ1n) is 5.85. The maximum atomic E-state index is 12.5. The Labute approximate surface area is 119 Å². The Morgan fingerprint density at radius 3 is 2.42 bits per heavy atom. The molecule has 1 aromatic carbocycles. The first kappa shape index (κ1) is 16.0. The molecule has 0 saturated carbocycles. The maximum Gasteiger partial charge on any atom is 0.243 e. The second-order valence-electron chi connectivity index (χ2n) is 4.89. The molecule has 4 nitrogen and oxygen atoms in total. The van der Waals surface area contributed by atoms with Gasteiger partial charge in [0, 0.05) is 12.6 Å². The Morgan fingerprint density at radius 2 is 2.00 bits per heavy atom. The Balaban J connectivity index is 3.30. The van der Waals surface area contributed by atoms with E-state index >= 15 is 0 Å². The van der Waals surface area contributed by atoms with Crippen LogP contribution in [0.25, 0.3) is 0 Å². The maximum absolute atomic E-state index is 12.5. The number of nitriles is 1. The zero-order valence-corrected chi connectivity index (χ0v) is 13.0. The first-order chi connectivity index (χ1) is 8.66. The molecule has 0 aromatic heterocycles. The summed E-state index contributed by atoms with van der Waals surface area (Å²) < 4.78 is 26.3. The minimum Gasteiger partial charge on any atom is -0.207 e. The molecule has 1 rings (SSSR count). The van der Waals surface area contributed by atoms with Gasteiger partial charge in [-0.1, -0.05) is 18.5 Å². The highest BCUT2D eigenvalue weighted by atomic mass is 35.5. The van der Waals surface area contributed by atoms with Crippen molar-refractivity contribution >= 4 is 21.6 Å². The minimum atomic E-state index is -3.62. The second-order valence-corrected chi connectivity index (χ2v) is 7.27. The fourth-order valence-electron chi connectivity index (χ4n) is 1.45. The van der Waals surface area contributed by atoms with Crippen LogP contribution in [0.1, 0.15) is 32.8 Å². The van der Waals surface area contributed by atoms with Crippen molar-refractivity contribution in [1.82, 2.24) is 4.31 Å². The highest BCUT2D eigenvalue weighted by Crippen LogP contribution is 2.27. The fraction of sp³-hybridized carbons (Fsp3) is 0.462. The summed E-state index contributed by atoms with van der Waals surface area (Å²) in [5, 5.41) is 8.94. The zero-order chi connectivity index (χ0) is 14.8. The predicted octanol–water partition coefficient (Wildman–Crippen LogP) is 3.02. The van der Waals surface area contributed by atoms with E-state index in [1.165, 1.54) is 22.5 Å². The lowest BCUT2D eigenvalue weighted by atomic mass is 10.0. The minimum absolute atomic E-state index is 0.0977. The van der Waals surface area contributed by atoms with Gasteiger partial charge >= 0.3 is 0 Å². The Morgan fingerprint density at radius 1 is 1.42 bits per heavy atom. The quantitative estimate of drug-likeness (QED) is 0.858. The zero-order valence-electron chi connectivity index (χ0n) is 11.4. The van der Waals surface area contributed by atoms with E-state index in [4.69, 9.17) is 16.9 Å². The normalized spacial score (nSPS) is 12.5. The summed E-state index contributed by atoms with van der Waals surface area (Å²) in [6, 6.07) is 6.04. The van der Waals surface area contributed by atoms with Crippen LogP contribution in [-0.2, 0) is 10.0 Å². The van der Waals surface area contributed by atoms with Crippen molar-refractivity contribution in [2.75, 3.05) is 7.05 Å². The van der Waals surface area contributed by atoms with Gasteiger partial charge in [-0.15, -0.1) is 0 Å². The lowest BCUT2D eigenvalue weighted by Crippen LogP contribution is -2.44. The van der Waals surface area contributed by atoms with Gasteiger partial charge in [-0.25, -0.2) is 8.42 Å². The SMILES string of the molecule is CCC(C)(C)N(C)S(=O)(=O)c1ccc(C#N)c(Cl)c1. The molecule has 0 amide bonds. The summed E-state index contributed by atoms with van der Waals surface area (Å²) in [6.45, 7) is 5.64. The highest BCUT2D eigenvalue weighted by Gasteiger charge is 2.32. The van der Waals surface area contributed by atoms with Gasteiger partial charge in [-0.05, 0) is 38.5 Å². The van der Waals surface area contributed by atoms with Crippen LogP contribution in [0.4, 0.5) is 0 Å². The molecule has 6 heteroatoms. The van der Waals surface area contributed by atoms with E-state index < -0.39 is 15.6 Å². The smallest absolute Gasteiger partial charge is 0.207 e. The van der Waals surface area contributed by atoms with E-state index in [9.17, 15) is 8.42 Å². The van der Waals surface area contributed by atoms with Crippen LogP contribution in [0.5, 0.6) is 0 Å². The third-order valence-electron chi connectivity index (χ3n) is 3.44. The standard InChI is InChI=1S/C13H17ClN2O2S/c1-5-13(2,3)16(4)19(17,18)11-7-6-10(9-15)12(14)8-11/h6-8H,5H2,1-4H3. The van der Waals surface area contributed by atoms with Crippen molar-refractivity contribution in [2.45, 2.75) is 37.6 Å². The van der Waals surface area contributed by atoms with Gasteiger partial charge in [0.05, 0.1) is 15.5 Å². The third kappa shape index (κ3) is 3.08. The van der Waals surface area contributed by atoms with E-state index in [1.54, 1.807) is 7.05 Å². The van der Waals surface area contributed by atoms with Gasteiger partial charge in [0.15, 0.2) is 0 Å². The summed E-state index contributed by atoms with van der Waals surface area (Å²) in [7, 11) is -2.07. The van der Waals surface area contributed by atoms with Crippen molar-refractivity contribution in [3.8, 4) is 6.07 Å². The van der Waals surface area contributed by atoms with Gasteiger partial charge in [-0.3, -0.25) is 0 Å². The van der Waals surface area contributed by atoms with Crippen LogP contribution in [-0.4, -0.2) is 25.3 Å².